The van der Waals surface area contributed by atoms with Gasteiger partial charge in [-0.1, -0.05) is 0 Å². The van der Waals surface area contributed by atoms with Crippen LogP contribution >= 0.6 is 0 Å². The molecule has 0 atom stereocenters. The largest absolute Gasteiger partial charge is 0.256 e. The van der Waals surface area contributed by atoms with Crippen LogP contribution in [0.5, 0.6) is 0 Å². The normalized spacial score (nSPS) is 10.3. The Bertz CT molecular complexity index is 650. The van der Waals surface area contributed by atoms with E-state index in [-0.39, 0.29) is 0 Å². The summed E-state index contributed by atoms with van der Waals surface area (Å²) in [6, 6.07) is 7.64. The molecule has 0 aromatic carbocycles. The van der Waals surface area contributed by atoms with Crippen LogP contribution in [0.4, 0.5) is 0 Å². The van der Waals surface area contributed by atoms with Crippen LogP contribution in [0.15, 0.2) is 42.9 Å². The van der Waals surface area contributed by atoms with E-state index in [9.17, 15) is 0 Å². The minimum Gasteiger partial charge on any atom is -0.256 e. The Kier molecular flexibility index (Phi) is 2.09. The average Bonchev–Trinajstić information content (AvgIpc) is 2.77. The summed E-state index contributed by atoms with van der Waals surface area (Å²) in [5, 5.41) is 4.05. The average molecular weight is 220 g/mol. The van der Waals surface area contributed by atoms with Gasteiger partial charge in [-0.05, 0) is 24.1 Å². The molecule has 0 unspecified atom stereocenters. The quantitative estimate of drug-likeness (QED) is 0.424. The molecule has 3 heterocycles. The molecule has 0 spiro atoms. The van der Waals surface area contributed by atoms with Crippen molar-refractivity contribution in [1.29, 1.82) is 0 Å². The summed E-state index contributed by atoms with van der Waals surface area (Å²) < 4.78 is 1.65. The van der Waals surface area contributed by atoms with Gasteiger partial charge < -0.3 is 0 Å². The molecule has 0 saturated heterocycles. The molecule has 4 nitrogen and oxygen atoms in total. The monoisotopic (exact) mass is 220 g/mol. The standard InChI is InChI=1S/C8H5N3.C5H3N/c1-2-7-6-8-9-4-3-5-11(8)10-7;1-2-5-4(1)3-6-5/h1,3-6H;1-3H. The highest BCUT2D eigenvalue weighted by Gasteiger charge is 2.06. The van der Waals surface area contributed by atoms with Crippen LogP contribution in [0.2, 0.25) is 0 Å². The number of terminal acetylenes is 1. The van der Waals surface area contributed by atoms with Gasteiger partial charge in [-0.15, -0.1) is 6.42 Å². The topological polar surface area (TPSA) is 43.1 Å². The fourth-order valence-corrected chi connectivity index (χ4v) is 1.45. The molecule has 0 saturated carbocycles. The lowest BCUT2D eigenvalue weighted by molar-refractivity contribution is 0.932. The Morgan fingerprint density at radius 2 is 2.12 bits per heavy atom. The highest BCUT2D eigenvalue weighted by Crippen LogP contribution is 2.25. The van der Waals surface area contributed by atoms with E-state index in [1.54, 1.807) is 22.8 Å². The first-order valence-electron chi connectivity index (χ1n) is 5.10. The van der Waals surface area contributed by atoms with E-state index >= 15 is 0 Å². The van der Waals surface area contributed by atoms with Crippen molar-refractivity contribution in [2.45, 2.75) is 0 Å². The molecule has 0 amide bonds. The van der Waals surface area contributed by atoms with Crippen molar-refractivity contribution in [2.24, 2.45) is 0 Å². The van der Waals surface area contributed by atoms with Gasteiger partial charge in [0.1, 0.15) is 5.69 Å². The van der Waals surface area contributed by atoms with Crippen molar-refractivity contribution < 1.29 is 0 Å². The number of aromatic nitrogens is 4. The summed E-state index contributed by atoms with van der Waals surface area (Å²) >= 11 is 0. The molecular formula is C13H8N4. The van der Waals surface area contributed by atoms with Crippen LogP contribution in [-0.4, -0.2) is 19.6 Å². The molecule has 0 radical (unpaired) electrons. The van der Waals surface area contributed by atoms with E-state index in [0.29, 0.717) is 5.69 Å². The van der Waals surface area contributed by atoms with Gasteiger partial charge in [-0.2, -0.15) is 5.10 Å². The highest BCUT2D eigenvalue weighted by molar-refractivity contribution is 5.68. The molecule has 0 N–H and O–H groups in total. The molecule has 4 heteroatoms. The second-order valence-corrected chi connectivity index (χ2v) is 3.53. The number of hydrogen-bond acceptors (Lipinski definition) is 3. The Morgan fingerprint density at radius 1 is 1.24 bits per heavy atom. The number of pyridine rings is 1. The maximum Gasteiger partial charge on any atom is 0.156 e. The van der Waals surface area contributed by atoms with Crippen LogP contribution in [0, 0.1) is 12.3 Å². The first-order chi connectivity index (χ1) is 8.36. The zero-order chi connectivity index (χ0) is 11.7. The summed E-state index contributed by atoms with van der Waals surface area (Å²) in [6.45, 7) is 0. The summed E-state index contributed by atoms with van der Waals surface area (Å²) in [4.78, 5) is 7.96. The zero-order valence-corrected chi connectivity index (χ0v) is 8.91. The van der Waals surface area contributed by atoms with Gasteiger partial charge in [0.2, 0.25) is 0 Å². The number of nitrogens with zero attached hydrogens (tertiary/aromatic N) is 4. The lowest BCUT2D eigenvalue weighted by Gasteiger charge is -2.08. The van der Waals surface area contributed by atoms with E-state index < -0.39 is 0 Å². The van der Waals surface area contributed by atoms with Crippen molar-refractivity contribution >= 4 is 5.65 Å². The molecule has 2 aromatic heterocycles. The predicted octanol–water partition coefficient (Wildman–Crippen LogP) is 1.77. The Labute approximate surface area is 98.0 Å². The van der Waals surface area contributed by atoms with Crippen molar-refractivity contribution in [3.05, 3.63) is 48.5 Å². The smallest absolute Gasteiger partial charge is 0.156 e. The molecule has 2 aromatic rings. The lowest BCUT2D eigenvalue weighted by Crippen LogP contribution is -1.92. The Morgan fingerprint density at radius 3 is 2.59 bits per heavy atom. The molecule has 1 aliphatic carbocycles. The van der Waals surface area contributed by atoms with Crippen LogP contribution in [-0.2, 0) is 0 Å². The number of hydrogen-bond donors (Lipinski definition) is 0. The highest BCUT2D eigenvalue weighted by atomic mass is 15.2. The van der Waals surface area contributed by atoms with Gasteiger partial charge in [-0.3, -0.25) is 4.98 Å². The predicted molar refractivity (Wildman–Crippen MR) is 64.2 cm³/mol. The fraction of sp³-hybridized carbons (Fsp3) is 0. The van der Waals surface area contributed by atoms with Gasteiger partial charge in [-0.25, -0.2) is 9.50 Å². The van der Waals surface area contributed by atoms with Crippen LogP contribution in [0.1, 0.15) is 5.69 Å². The van der Waals surface area contributed by atoms with Gasteiger partial charge in [0, 0.05) is 30.2 Å². The minimum absolute atomic E-state index is 0.615. The fourth-order valence-electron chi connectivity index (χ4n) is 1.45. The third kappa shape index (κ3) is 1.64. The Hall–Kier alpha value is -2.67. The molecule has 4 rings (SSSR count). The summed E-state index contributed by atoms with van der Waals surface area (Å²) in [5.74, 6) is 2.44. The van der Waals surface area contributed by atoms with Gasteiger partial charge in [0.05, 0.1) is 5.69 Å². The van der Waals surface area contributed by atoms with E-state index in [1.165, 1.54) is 11.3 Å². The molecule has 1 aliphatic heterocycles. The summed E-state index contributed by atoms with van der Waals surface area (Å²) in [6.07, 6.45) is 10.5. The Balaban J connectivity index is 0.000000125. The third-order valence-corrected chi connectivity index (χ3v) is 2.44. The number of fused-ring (bicyclic) bond motifs is 2. The van der Waals surface area contributed by atoms with Crippen LogP contribution in [0.3, 0.4) is 0 Å². The van der Waals surface area contributed by atoms with E-state index in [4.69, 9.17) is 6.42 Å². The second-order valence-electron chi connectivity index (χ2n) is 3.53. The van der Waals surface area contributed by atoms with Gasteiger partial charge in [0.15, 0.2) is 5.65 Å². The first-order valence-corrected chi connectivity index (χ1v) is 5.10. The molecular weight excluding hydrogens is 212 g/mol. The second kappa shape index (κ2) is 3.72. The minimum atomic E-state index is 0.615. The van der Waals surface area contributed by atoms with Crippen LogP contribution in [0.25, 0.3) is 16.9 Å². The van der Waals surface area contributed by atoms with E-state index in [2.05, 4.69) is 27.1 Å². The molecule has 0 bridgehead atoms. The van der Waals surface area contributed by atoms with Crippen molar-refractivity contribution in [1.82, 2.24) is 19.6 Å². The lowest BCUT2D eigenvalue weighted by atomic mass is 10.1. The molecule has 80 valence electrons. The van der Waals surface area contributed by atoms with E-state index in [0.717, 1.165) is 5.65 Å². The number of rotatable bonds is 0. The van der Waals surface area contributed by atoms with Gasteiger partial charge >= 0.3 is 0 Å². The molecule has 17 heavy (non-hydrogen) atoms. The molecule has 2 aliphatic rings. The summed E-state index contributed by atoms with van der Waals surface area (Å²) in [7, 11) is 0. The third-order valence-electron chi connectivity index (χ3n) is 2.44. The zero-order valence-electron chi connectivity index (χ0n) is 8.91. The van der Waals surface area contributed by atoms with Crippen molar-refractivity contribution in [3.8, 4) is 23.6 Å². The van der Waals surface area contributed by atoms with Crippen molar-refractivity contribution in [3.63, 3.8) is 0 Å². The van der Waals surface area contributed by atoms with E-state index in [1.807, 2.05) is 18.5 Å². The maximum absolute atomic E-state index is 5.16. The van der Waals surface area contributed by atoms with Crippen LogP contribution < -0.4 is 0 Å². The first kappa shape index (κ1) is 9.55. The molecule has 0 fully saturated rings. The SMILES string of the molecule is C#Cc1cc2ncccn2n1.c1cc2ncc1-2. The summed E-state index contributed by atoms with van der Waals surface area (Å²) in [5.41, 5.74) is 3.88. The van der Waals surface area contributed by atoms with Crippen molar-refractivity contribution in [2.75, 3.05) is 0 Å². The van der Waals surface area contributed by atoms with Gasteiger partial charge in [0.25, 0.3) is 0 Å². The maximum atomic E-state index is 5.16.